The van der Waals surface area contributed by atoms with Crippen molar-refractivity contribution in [2.75, 3.05) is 13.2 Å². The maximum absolute atomic E-state index is 13.6. The van der Waals surface area contributed by atoms with E-state index in [0.29, 0.717) is 5.56 Å². The van der Waals surface area contributed by atoms with Gasteiger partial charge in [0.25, 0.3) is 5.91 Å². The molecule has 3 atom stereocenters. The maximum Gasteiger partial charge on any atom is 0.293 e. The second-order valence-electron chi connectivity index (χ2n) is 5.89. The van der Waals surface area contributed by atoms with Gasteiger partial charge >= 0.3 is 0 Å². The fraction of sp³-hybridized carbons (Fsp3) is 0.471. The van der Waals surface area contributed by atoms with E-state index >= 15 is 0 Å². The minimum atomic E-state index is -1.66. The summed E-state index contributed by atoms with van der Waals surface area (Å²) in [6.07, 6.45) is 0. The number of nitrogens with zero attached hydrogens (tertiary/aromatic N) is 3. The monoisotopic (exact) mass is 406 g/mol. The van der Waals surface area contributed by atoms with Crippen LogP contribution in [-0.2, 0) is 9.47 Å². The SMILES string of the molecule is CCOC1(OCC)N=C(N)[C@@]2(C#N)[C@H](c3ccc(F)c(Br)c3)[C@@]12C#N. The van der Waals surface area contributed by atoms with Gasteiger partial charge in [-0.15, -0.1) is 0 Å². The summed E-state index contributed by atoms with van der Waals surface area (Å²) in [4.78, 5) is 4.25. The maximum atomic E-state index is 13.6. The topological polar surface area (TPSA) is 104 Å². The Kier molecular flexibility index (Phi) is 4.11. The van der Waals surface area contributed by atoms with Crippen molar-refractivity contribution in [3.05, 3.63) is 34.1 Å². The summed E-state index contributed by atoms with van der Waals surface area (Å²) >= 11 is 3.14. The summed E-state index contributed by atoms with van der Waals surface area (Å²) in [6, 6.07) is 8.73. The zero-order valence-electron chi connectivity index (χ0n) is 13.7. The summed E-state index contributed by atoms with van der Waals surface area (Å²) in [6.45, 7) is 3.94. The quantitative estimate of drug-likeness (QED) is 0.756. The van der Waals surface area contributed by atoms with Gasteiger partial charge in [-0.2, -0.15) is 10.5 Å². The summed E-state index contributed by atoms with van der Waals surface area (Å²) in [5, 5.41) is 19.9. The van der Waals surface area contributed by atoms with Crippen LogP contribution in [0.1, 0.15) is 25.3 Å². The number of hydrogen-bond acceptors (Lipinski definition) is 6. The van der Waals surface area contributed by atoms with Gasteiger partial charge in [-0.1, -0.05) is 6.07 Å². The van der Waals surface area contributed by atoms with Crippen LogP contribution in [0.3, 0.4) is 0 Å². The van der Waals surface area contributed by atoms with Crippen LogP contribution < -0.4 is 5.73 Å². The van der Waals surface area contributed by atoms with E-state index in [0.717, 1.165) is 0 Å². The molecule has 1 aromatic carbocycles. The van der Waals surface area contributed by atoms with Gasteiger partial charge in [-0.05, 0) is 47.5 Å². The average molecular weight is 407 g/mol. The van der Waals surface area contributed by atoms with Crippen molar-refractivity contribution < 1.29 is 13.9 Å². The van der Waals surface area contributed by atoms with Crippen LogP contribution in [0.15, 0.2) is 27.7 Å². The van der Waals surface area contributed by atoms with Gasteiger partial charge < -0.3 is 15.2 Å². The number of benzene rings is 1. The Hall–Kier alpha value is -2.00. The molecule has 1 aliphatic carbocycles. The van der Waals surface area contributed by atoms with Crippen molar-refractivity contribution in [1.29, 1.82) is 10.5 Å². The molecule has 1 aromatic rings. The molecule has 2 N–H and O–H groups in total. The number of halogens is 2. The summed E-state index contributed by atoms with van der Waals surface area (Å²) in [7, 11) is 0. The van der Waals surface area contributed by atoms with Crippen molar-refractivity contribution in [2.45, 2.75) is 25.7 Å². The highest BCUT2D eigenvalue weighted by Crippen LogP contribution is 2.82. The number of rotatable bonds is 5. The van der Waals surface area contributed by atoms with Crippen LogP contribution in [0, 0.1) is 39.3 Å². The summed E-state index contributed by atoms with van der Waals surface area (Å²) in [5.74, 6) is -2.73. The third-order valence-electron chi connectivity index (χ3n) is 4.88. The lowest BCUT2D eigenvalue weighted by Crippen LogP contribution is -2.43. The van der Waals surface area contributed by atoms with Crippen LogP contribution in [0.2, 0.25) is 0 Å². The Morgan fingerprint density at radius 3 is 2.40 bits per heavy atom. The van der Waals surface area contributed by atoms with Crippen LogP contribution in [0.4, 0.5) is 4.39 Å². The van der Waals surface area contributed by atoms with E-state index in [1.54, 1.807) is 19.9 Å². The van der Waals surface area contributed by atoms with Gasteiger partial charge in [0.05, 0.1) is 16.6 Å². The molecule has 3 rings (SSSR count). The number of aliphatic imine (C=N–C) groups is 1. The van der Waals surface area contributed by atoms with Gasteiger partial charge in [0, 0.05) is 19.1 Å². The van der Waals surface area contributed by atoms with E-state index < -0.39 is 28.5 Å². The zero-order valence-corrected chi connectivity index (χ0v) is 15.3. The number of nitrogens with two attached hydrogens (primary N) is 1. The van der Waals surface area contributed by atoms with Crippen LogP contribution in [-0.4, -0.2) is 25.0 Å². The van der Waals surface area contributed by atoms with Crippen LogP contribution >= 0.6 is 15.9 Å². The molecule has 1 fully saturated rings. The standard InChI is InChI=1S/C17H16BrFN4O2/c1-3-24-17(25-4-2)16(9-21)13(15(16,8-20)14(22)23-17)10-5-6-12(19)11(18)7-10/h5-7,13H,3-4H2,1-2H3,(H2,22,23)/t13-,15+,16+/m0/s1. The van der Waals surface area contributed by atoms with E-state index in [1.165, 1.54) is 12.1 Å². The Bertz CT molecular complexity index is 840. The Labute approximate surface area is 153 Å². The average Bonchev–Trinajstić information content (AvgIpc) is 3.16. The lowest BCUT2D eigenvalue weighted by atomic mass is 9.93. The van der Waals surface area contributed by atoms with E-state index in [4.69, 9.17) is 15.2 Å². The molecular formula is C17H16BrFN4O2. The smallest absolute Gasteiger partial charge is 0.293 e. The second kappa shape index (κ2) is 5.77. The second-order valence-corrected chi connectivity index (χ2v) is 6.75. The molecule has 0 spiro atoms. The number of fused-ring (bicyclic) bond motifs is 1. The molecule has 0 unspecified atom stereocenters. The molecule has 8 heteroatoms. The van der Waals surface area contributed by atoms with Crippen molar-refractivity contribution >= 4 is 21.8 Å². The molecule has 0 saturated heterocycles. The molecule has 6 nitrogen and oxygen atoms in total. The fourth-order valence-corrected chi connectivity index (χ4v) is 4.34. The van der Waals surface area contributed by atoms with E-state index in [2.05, 4.69) is 33.1 Å². The van der Waals surface area contributed by atoms with Crippen molar-refractivity contribution in [3.8, 4) is 12.1 Å². The molecule has 0 radical (unpaired) electrons. The molecule has 1 aliphatic heterocycles. The number of amidine groups is 1. The van der Waals surface area contributed by atoms with Gasteiger partial charge in [0.1, 0.15) is 17.1 Å². The third kappa shape index (κ3) is 1.90. The summed E-state index contributed by atoms with van der Waals surface area (Å²) < 4.78 is 25.3. The number of hydrogen-bond donors (Lipinski definition) is 1. The predicted octanol–water partition coefficient (Wildman–Crippen LogP) is 2.80. The first-order chi connectivity index (χ1) is 11.9. The molecule has 0 amide bonds. The van der Waals surface area contributed by atoms with Gasteiger partial charge in [0.2, 0.25) is 0 Å². The fourth-order valence-electron chi connectivity index (χ4n) is 3.94. The Morgan fingerprint density at radius 1 is 1.28 bits per heavy atom. The number of nitriles is 2. The minimum absolute atomic E-state index is 0.00361. The van der Waals surface area contributed by atoms with E-state index in [9.17, 15) is 14.9 Å². The highest BCUT2D eigenvalue weighted by molar-refractivity contribution is 9.10. The lowest BCUT2D eigenvalue weighted by Gasteiger charge is -2.31. The van der Waals surface area contributed by atoms with Crippen molar-refractivity contribution in [3.63, 3.8) is 0 Å². The first-order valence-corrected chi connectivity index (χ1v) is 8.61. The normalized spacial score (nSPS) is 31.6. The Morgan fingerprint density at radius 2 is 1.92 bits per heavy atom. The third-order valence-corrected chi connectivity index (χ3v) is 5.49. The van der Waals surface area contributed by atoms with Crippen molar-refractivity contribution in [2.24, 2.45) is 21.6 Å². The zero-order chi connectivity index (χ0) is 18.5. The molecule has 2 aliphatic rings. The van der Waals surface area contributed by atoms with Gasteiger partial charge in [0.15, 0.2) is 5.41 Å². The predicted molar refractivity (Wildman–Crippen MR) is 90.5 cm³/mol. The largest absolute Gasteiger partial charge is 0.386 e. The van der Waals surface area contributed by atoms with Crippen LogP contribution in [0.25, 0.3) is 0 Å². The molecule has 1 heterocycles. The first-order valence-electron chi connectivity index (χ1n) is 7.81. The highest BCUT2D eigenvalue weighted by atomic mass is 79.9. The molecule has 0 aromatic heterocycles. The van der Waals surface area contributed by atoms with Gasteiger partial charge in [-0.25, -0.2) is 9.38 Å². The lowest BCUT2D eigenvalue weighted by molar-refractivity contribution is -0.255. The van der Waals surface area contributed by atoms with Crippen LogP contribution in [0.5, 0.6) is 0 Å². The summed E-state index contributed by atoms with van der Waals surface area (Å²) in [5.41, 5.74) is 3.88. The molecular weight excluding hydrogens is 391 g/mol. The van der Waals surface area contributed by atoms with Gasteiger partial charge in [-0.3, -0.25) is 0 Å². The minimum Gasteiger partial charge on any atom is -0.386 e. The molecule has 25 heavy (non-hydrogen) atoms. The molecule has 1 saturated carbocycles. The molecule has 0 bridgehead atoms. The first kappa shape index (κ1) is 17.8. The Balaban J connectivity index is 2.23. The van der Waals surface area contributed by atoms with E-state index in [-0.39, 0.29) is 23.5 Å². The highest BCUT2D eigenvalue weighted by Gasteiger charge is 2.93. The van der Waals surface area contributed by atoms with Crippen molar-refractivity contribution in [1.82, 2.24) is 0 Å². The van der Waals surface area contributed by atoms with E-state index in [1.807, 2.05) is 0 Å². The molecule has 130 valence electrons. The number of ether oxygens (including phenoxy) is 2.